The van der Waals surface area contributed by atoms with Crippen molar-refractivity contribution in [2.24, 2.45) is 5.41 Å². The molecule has 0 bridgehead atoms. The van der Waals surface area contributed by atoms with Crippen LogP contribution in [0.25, 0.3) is 10.9 Å². The van der Waals surface area contributed by atoms with Crippen LogP contribution in [0, 0.1) is 29.8 Å². The molecule has 37 heavy (non-hydrogen) atoms. The van der Waals surface area contributed by atoms with E-state index in [9.17, 15) is 23.4 Å². The Morgan fingerprint density at radius 2 is 1.84 bits per heavy atom. The Balaban J connectivity index is 1.32. The number of hydrogen-bond acceptors (Lipinski definition) is 6. The summed E-state index contributed by atoms with van der Waals surface area (Å²) in [5.41, 5.74) is 2.47. The number of aromatic nitrogens is 1. The Kier molecular flexibility index (Phi) is 8.56. The number of aliphatic hydroxyl groups excluding tert-OH is 2. The minimum Gasteiger partial charge on any atom is -0.497 e. The first kappa shape index (κ1) is 27.2. The van der Waals surface area contributed by atoms with Crippen LogP contribution >= 0.6 is 0 Å². The number of halogens is 3. The number of nitrogens with zero attached hydrogens (tertiary/aromatic N) is 2. The predicted octanol–water partition coefficient (Wildman–Crippen LogP) is 4.97. The Morgan fingerprint density at radius 1 is 1.14 bits per heavy atom. The van der Waals surface area contributed by atoms with Crippen LogP contribution in [0.15, 0.2) is 36.5 Å². The number of rotatable bonds is 10. The largest absolute Gasteiger partial charge is 0.497 e. The first-order chi connectivity index (χ1) is 17.7. The average molecular weight is 518 g/mol. The number of piperidine rings is 1. The van der Waals surface area contributed by atoms with Crippen LogP contribution in [-0.4, -0.2) is 60.0 Å². The molecule has 0 saturated carbocycles. The van der Waals surface area contributed by atoms with Crippen molar-refractivity contribution in [3.8, 4) is 5.75 Å². The van der Waals surface area contributed by atoms with Crippen LogP contribution in [0.5, 0.6) is 5.75 Å². The van der Waals surface area contributed by atoms with E-state index in [1.54, 1.807) is 13.3 Å². The molecule has 1 aromatic heterocycles. The Bertz CT molecular complexity index is 1210. The number of aliphatic hydroxyl groups is 2. The van der Waals surface area contributed by atoms with E-state index in [1.807, 2.05) is 25.1 Å². The van der Waals surface area contributed by atoms with Gasteiger partial charge in [-0.1, -0.05) is 0 Å². The van der Waals surface area contributed by atoms with Crippen molar-refractivity contribution in [3.63, 3.8) is 0 Å². The van der Waals surface area contributed by atoms with Gasteiger partial charge in [-0.15, -0.1) is 0 Å². The summed E-state index contributed by atoms with van der Waals surface area (Å²) < 4.78 is 45.3. The highest BCUT2D eigenvalue weighted by Crippen LogP contribution is 2.39. The van der Waals surface area contributed by atoms with Crippen molar-refractivity contribution in [2.45, 2.75) is 38.7 Å². The molecule has 1 aliphatic rings. The number of benzene rings is 2. The van der Waals surface area contributed by atoms with E-state index < -0.39 is 23.6 Å². The summed E-state index contributed by atoms with van der Waals surface area (Å²) in [5, 5.41) is 25.3. The van der Waals surface area contributed by atoms with Crippen LogP contribution < -0.4 is 10.1 Å². The SMILES string of the molecule is COc1ccc2ncc(C)c(C(O)CCC3(CO)CCN(CCNc4cc(F)c(F)c(F)c4)CC3)c2c1. The molecule has 1 fully saturated rings. The lowest BCUT2D eigenvalue weighted by Gasteiger charge is -2.41. The second kappa shape index (κ2) is 11.7. The molecule has 2 aromatic carbocycles. The predicted molar refractivity (Wildman–Crippen MR) is 137 cm³/mol. The van der Waals surface area contributed by atoms with Gasteiger partial charge < -0.3 is 25.2 Å². The highest BCUT2D eigenvalue weighted by Gasteiger charge is 2.34. The van der Waals surface area contributed by atoms with E-state index in [0.717, 1.165) is 60.1 Å². The molecule has 3 N–H and O–H groups in total. The highest BCUT2D eigenvalue weighted by atomic mass is 19.2. The zero-order valence-electron chi connectivity index (χ0n) is 21.2. The fourth-order valence-corrected chi connectivity index (χ4v) is 5.20. The fourth-order valence-electron chi connectivity index (χ4n) is 5.20. The first-order valence-corrected chi connectivity index (χ1v) is 12.6. The van der Waals surface area contributed by atoms with E-state index in [0.29, 0.717) is 31.7 Å². The molecule has 1 unspecified atom stereocenters. The second-order valence-corrected chi connectivity index (χ2v) is 9.97. The zero-order valence-corrected chi connectivity index (χ0v) is 21.2. The van der Waals surface area contributed by atoms with Crippen molar-refractivity contribution in [3.05, 3.63) is 65.1 Å². The van der Waals surface area contributed by atoms with Gasteiger partial charge in [-0.2, -0.15) is 0 Å². The van der Waals surface area contributed by atoms with Crippen molar-refractivity contribution < 1.29 is 28.1 Å². The topological polar surface area (TPSA) is 77.8 Å². The molecule has 6 nitrogen and oxygen atoms in total. The second-order valence-electron chi connectivity index (χ2n) is 9.97. The number of aryl methyl sites for hydroxylation is 1. The van der Waals surface area contributed by atoms with E-state index in [1.165, 1.54) is 0 Å². The van der Waals surface area contributed by atoms with Crippen LogP contribution in [0.3, 0.4) is 0 Å². The minimum atomic E-state index is -1.47. The monoisotopic (exact) mass is 517 g/mol. The molecule has 0 radical (unpaired) electrons. The Morgan fingerprint density at radius 3 is 2.49 bits per heavy atom. The molecular weight excluding hydrogens is 483 g/mol. The molecule has 9 heteroatoms. The summed E-state index contributed by atoms with van der Waals surface area (Å²) in [7, 11) is 1.61. The van der Waals surface area contributed by atoms with Gasteiger partial charge in [-0.05, 0) is 80.4 Å². The first-order valence-electron chi connectivity index (χ1n) is 12.6. The molecule has 1 aliphatic heterocycles. The lowest BCUT2D eigenvalue weighted by molar-refractivity contribution is 0.0247. The summed E-state index contributed by atoms with van der Waals surface area (Å²) in [6.07, 6.45) is 3.83. The smallest absolute Gasteiger partial charge is 0.194 e. The molecule has 4 rings (SSSR count). The van der Waals surface area contributed by atoms with Crippen molar-refractivity contribution >= 4 is 16.6 Å². The zero-order chi connectivity index (χ0) is 26.6. The molecular formula is C28H34F3N3O3. The quantitative estimate of drug-likeness (QED) is 0.330. The molecule has 200 valence electrons. The number of fused-ring (bicyclic) bond motifs is 1. The third kappa shape index (κ3) is 6.17. The minimum absolute atomic E-state index is 0.0455. The van der Waals surface area contributed by atoms with Gasteiger partial charge in [0.25, 0.3) is 0 Å². The van der Waals surface area contributed by atoms with Crippen molar-refractivity contribution in [1.82, 2.24) is 9.88 Å². The number of nitrogens with one attached hydrogen (secondary N) is 1. The summed E-state index contributed by atoms with van der Waals surface area (Å²) in [5.74, 6) is -3.20. The summed E-state index contributed by atoms with van der Waals surface area (Å²) in [6.45, 7) is 4.61. The van der Waals surface area contributed by atoms with E-state index in [4.69, 9.17) is 4.74 Å². The van der Waals surface area contributed by atoms with Gasteiger partial charge >= 0.3 is 0 Å². The fraction of sp³-hybridized carbons (Fsp3) is 0.464. The van der Waals surface area contributed by atoms with Crippen LogP contribution in [0.4, 0.5) is 18.9 Å². The number of pyridine rings is 1. The van der Waals surface area contributed by atoms with Gasteiger partial charge in [0.15, 0.2) is 17.5 Å². The van der Waals surface area contributed by atoms with Gasteiger partial charge in [-0.25, -0.2) is 13.2 Å². The lowest BCUT2D eigenvalue weighted by atomic mass is 9.74. The van der Waals surface area contributed by atoms with E-state index in [2.05, 4.69) is 15.2 Å². The van der Waals surface area contributed by atoms with E-state index >= 15 is 0 Å². The number of anilines is 1. The molecule has 1 atom stereocenters. The average Bonchev–Trinajstić information content (AvgIpc) is 2.90. The Labute approximate surface area is 215 Å². The number of hydrogen-bond donors (Lipinski definition) is 3. The summed E-state index contributed by atoms with van der Waals surface area (Å²) >= 11 is 0. The molecule has 0 aliphatic carbocycles. The standard InChI is InChI=1S/C28H34F3N3O3/c1-18-16-33-24-4-3-20(37-2)15-21(24)26(18)25(36)5-6-28(17-35)7-10-34(11-8-28)12-9-32-19-13-22(29)27(31)23(30)14-19/h3-4,13-16,25,32,35-36H,5-12,17H2,1-2H3. The molecule has 3 aromatic rings. The van der Waals surface area contributed by atoms with Crippen molar-refractivity contribution in [2.75, 3.05) is 45.2 Å². The van der Waals surface area contributed by atoms with Crippen LogP contribution in [0.1, 0.15) is 42.9 Å². The van der Waals surface area contributed by atoms with Crippen LogP contribution in [-0.2, 0) is 0 Å². The lowest BCUT2D eigenvalue weighted by Crippen LogP contribution is -2.43. The maximum absolute atomic E-state index is 13.4. The number of ether oxygens (including phenoxy) is 1. The number of likely N-dealkylation sites (tertiary alicyclic amines) is 1. The van der Waals surface area contributed by atoms with Crippen molar-refractivity contribution in [1.29, 1.82) is 0 Å². The van der Waals surface area contributed by atoms with Crippen LogP contribution in [0.2, 0.25) is 0 Å². The van der Waals surface area contributed by atoms with Gasteiger partial charge in [0.05, 0.1) is 18.7 Å². The maximum Gasteiger partial charge on any atom is 0.194 e. The van der Waals surface area contributed by atoms with Gasteiger partial charge in [-0.3, -0.25) is 4.98 Å². The molecule has 2 heterocycles. The summed E-state index contributed by atoms with van der Waals surface area (Å²) in [6, 6.07) is 7.52. The third-order valence-corrected chi connectivity index (χ3v) is 7.59. The Hall–Kier alpha value is -2.88. The van der Waals surface area contributed by atoms with E-state index in [-0.39, 0.29) is 17.7 Å². The van der Waals surface area contributed by atoms with Gasteiger partial charge in [0.2, 0.25) is 0 Å². The normalized spacial score (nSPS) is 16.6. The highest BCUT2D eigenvalue weighted by molar-refractivity contribution is 5.84. The maximum atomic E-state index is 13.4. The van der Waals surface area contributed by atoms with Gasteiger partial charge in [0, 0.05) is 49.1 Å². The molecule has 0 amide bonds. The van der Waals surface area contributed by atoms with Gasteiger partial charge in [0.1, 0.15) is 5.75 Å². The third-order valence-electron chi connectivity index (χ3n) is 7.59. The molecule has 0 spiro atoms. The summed E-state index contributed by atoms with van der Waals surface area (Å²) in [4.78, 5) is 6.70. The number of methoxy groups -OCH3 is 1. The molecule has 1 saturated heterocycles.